The lowest BCUT2D eigenvalue weighted by molar-refractivity contribution is -0.115. The van der Waals surface area contributed by atoms with Crippen molar-refractivity contribution in [3.8, 4) is 0 Å². The molecule has 0 saturated carbocycles. The Kier molecular flexibility index (Phi) is 6.06. The third-order valence-electron chi connectivity index (χ3n) is 5.77. The number of amides is 1. The molecule has 0 aromatic heterocycles. The fourth-order valence-corrected chi connectivity index (χ4v) is 4.17. The summed E-state index contributed by atoms with van der Waals surface area (Å²) >= 11 is 0. The van der Waals surface area contributed by atoms with Crippen molar-refractivity contribution in [2.75, 3.05) is 0 Å². The summed E-state index contributed by atoms with van der Waals surface area (Å²) in [5, 5.41) is 13.9. The summed E-state index contributed by atoms with van der Waals surface area (Å²) in [5.74, 6) is 0.551. The molecule has 1 aromatic carbocycles. The number of carbonyl (C=O) groups excluding carboxylic acids is 1. The highest BCUT2D eigenvalue weighted by Gasteiger charge is 2.35. The van der Waals surface area contributed by atoms with E-state index in [1.54, 1.807) is 0 Å². The molecule has 0 bridgehead atoms. The van der Waals surface area contributed by atoms with Gasteiger partial charge >= 0.3 is 0 Å². The van der Waals surface area contributed by atoms with Gasteiger partial charge in [0, 0.05) is 22.9 Å². The van der Waals surface area contributed by atoms with Gasteiger partial charge in [0.15, 0.2) is 0 Å². The molecule has 2 atom stereocenters. The Bertz CT molecular complexity index is 965. The van der Waals surface area contributed by atoms with E-state index in [4.69, 9.17) is 11.1 Å². The SMILES string of the molecule is CCc1ccc(C)c(C2C=C3C(=CC2CC)NC(=O)/C3=C(/C)NC(=N)/C=C\N)c1. The van der Waals surface area contributed by atoms with Gasteiger partial charge < -0.3 is 16.4 Å². The Balaban J connectivity index is 2.08. The van der Waals surface area contributed by atoms with Crippen molar-refractivity contribution in [1.29, 1.82) is 5.41 Å². The molecule has 2 unspecified atom stereocenters. The molecular weight excluding hydrogens is 360 g/mol. The molecule has 1 amide bonds. The lowest BCUT2D eigenvalue weighted by Crippen LogP contribution is -2.22. The normalized spacial score (nSPS) is 22.7. The van der Waals surface area contributed by atoms with Crippen LogP contribution in [0.4, 0.5) is 0 Å². The van der Waals surface area contributed by atoms with E-state index in [-0.39, 0.29) is 17.7 Å². The fourth-order valence-electron chi connectivity index (χ4n) is 4.17. The van der Waals surface area contributed by atoms with E-state index in [9.17, 15) is 4.79 Å². The molecule has 5 heteroatoms. The molecule has 1 heterocycles. The van der Waals surface area contributed by atoms with E-state index < -0.39 is 0 Å². The molecule has 3 rings (SSSR count). The van der Waals surface area contributed by atoms with Gasteiger partial charge in [-0.15, -0.1) is 0 Å². The summed E-state index contributed by atoms with van der Waals surface area (Å²) in [7, 11) is 0. The fraction of sp³-hybridized carbons (Fsp3) is 0.333. The minimum atomic E-state index is -0.133. The van der Waals surface area contributed by atoms with Gasteiger partial charge in [0.05, 0.1) is 5.57 Å². The molecule has 1 fully saturated rings. The number of hydrogen-bond donors (Lipinski definition) is 4. The molecule has 1 saturated heterocycles. The summed E-state index contributed by atoms with van der Waals surface area (Å²) in [5.41, 5.74) is 12.3. The highest BCUT2D eigenvalue weighted by atomic mass is 16.2. The number of aryl methyl sites for hydroxylation is 2. The molecular formula is C24H30N4O. The zero-order chi connectivity index (χ0) is 21.1. The maximum absolute atomic E-state index is 12.7. The molecule has 2 aliphatic rings. The Morgan fingerprint density at radius 1 is 1.31 bits per heavy atom. The summed E-state index contributed by atoms with van der Waals surface area (Å²) in [4.78, 5) is 12.7. The molecule has 5 nitrogen and oxygen atoms in total. The number of amidine groups is 1. The summed E-state index contributed by atoms with van der Waals surface area (Å²) in [6.07, 6.45) is 9.18. The summed E-state index contributed by atoms with van der Waals surface area (Å²) in [6.45, 7) is 8.33. The number of nitrogens with one attached hydrogen (secondary N) is 3. The quantitative estimate of drug-likeness (QED) is 0.349. The molecule has 0 spiro atoms. The molecule has 1 aliphatic carbocycles. The second kappa shape index (κ2) is 8.52. The number of hydrogen-bond acceptors (Lipinski definition) is 3. The first kappa shape index (κ1) is 20.6. The van der Waals surface area contributed by atoms with Crippen molar-refractivity contribution in [1.82, 2.24) is 10.6 Å². The number of nitrogens with two attached hydrogens (primary N) is 1. The Labute approximate surface area is 173 Å². The van der Waals surface area contributed by atoms with E-state index in [0.29, 0.717) is 17.2 Å². The largest absolute Gasteiger partial charge is 0.404 e. The Morgan fingerprint density at radius 2 is 2.07 bits per heavy atom. The number of carbonyl (C=O) groups is 1. The third-order valence-corrected chi connectivity index (χ3v) is 5.77. The van der Waals surface area contributed by atoms with Gasteiger partial charge in [-0.2, -0.15) is 0 Å². The molecule has 5 N–H and O–H groups in total. The van der Waals surface area contributed by atoms with E-state index in [1.807, 2.05) is 6.92 Å². The van der Waals surface area contributed by atoms with Gasteiger partial charge in [-0.05, 0) is 61.6 Å². The predicted octanol–water partition coefficient (Wildman–Crippen LogP) is 3.93. The van der Waals surface area contributed by atoms with Crippen LogP contribution in [-0.2, 0) is 11.2 Å². The summed E-state index contributed by atoms with van der Waals surface area (Å²) in [6, 6.07) is 6.69. The van der Waals surface area contributed by atoms with Crippen LogP contribution in [0.2, 0.25) is 0 Å². The van der Waals surface area contributed by atoms with Crippen molar-refractivity contribution in [2.24, 2.45) is 11.7 Å². The van der Waals surface area contributed by atoms with Gasteiger partial charge in [0.2, 0.25) is 0 Å². The van der Waals surface area contributed by atoms with Crippen LogP contribution < -0.4 is 16.4 Å². The van der Waals surface area contributed by atoms with E-state index >= 15 is 0 Å². The number of rotatable bonds is 5. The highest BCUT2D eigenvalue weighted by Crippen LogP contribution is 2.42. The molecule has 0 radical (unpaired) electrons. The van der Waals surface area contributed by atoms with E-state index in [0.717, 1.165) is 24.1 Å². The second-order valence-electron chi connectivity index (χ2n) is 7.65. The summed E-state index contributed by atoms with van der Waals surface area (Å²) < 4.78 is 0. The van der Waals surface area contributed by atoms with Gasteiger partial charge in [-0.3, -0.25) is 10.2 Å². The average Bonchev–Trinajstić information content (AvgIpc) is 3.02. The van der Waals surface area contributed by atoms with Crippen LogP contribution in [-0.4, -0.2) is 11.7 Å². The molecule has 29 heavy (non-hydrogen) atoms. The lowest BCUT2D eigenvalue weighted by atomic mass is 9.76. The van der Waals surface area contributed by atoms with Crippen LogP contribution >= 0.6 is 0 Å². The third kappa shape index (κ3) is 4.04. The first-order valence-electron chi connectivity index (χ1n) is 10.2. The number of allylic oxidation sites excluding steroid dienone is 4. The maximum atomic E-state index is 12.7. The number of benzene rings is 1. The van der Waals surface area contributed by atoms with Crippen molar-refractivity contribution in [2.45, 2.75) is 46.5 Å². The monoisotopic (exact) mass is 390 g/mol. The van der Waals surface area contributed by atoms with Crippen LogP contribution in [0.25, 0.3) is 0 Å². The average molecular weight is 391 g/mol. The zero-order valence-corrected chi connectivity index (χ0v) is 17.6. The molecule has 1 aliphatic heterocycles. The van der Waals surface area contributed by atoms with Gasteiger partial charge in [-0.1, -0.05) is 44.2 Å². The van der Waals surface area contributed by atoms with Gasteiger partial charge in [0.1, 0.15) is 5.84 Å². The Morgan fingerprint density at radius 3 is 2.72 bits per heavy atom. The number of fused-ring (bicyclic) bond motifs is 1. The van der Waals surface area contributed by atoms with Crippen LogP contribution in [0, 0.1) is 18.3 Å². The molecule has 152 valence electrons. The van der Waals surface area contributed by atoms with Crippen molar-refractivity contribution < 1.29 is 4.79 Å². The first-order valence-corrected chi connectivity index (χ1v) is 10.2. The smallest absolute Gasteiger partial charge is 0.258 e. The standard InChI is InChI=1S/C24H30N4O/c1-5-16-8-7-14(3)18(11-16)19-13-20-21(12-17(19)6-2)28-24(29)23(20)15(4)27-22(26)9-10-25/h7-13,17,19H,5-6,25H2,1-4H3,(H2,26,27)(H,28,29)/b10-9-,23-15-. The first-order chi connectivity index (χ1) is 13.9. The van der Waals surface area contributed by atoms with E-state index in [2.05, 4.69) is 61.8 Å². The topological polar surface area (TPSA) is 91.0 Å². The van der Waals surface area contributed by atoms with Crippen LogP contribution in [0.15, 0.2) is 65.2 Å². The second-order valence-corrected chi connectivity index (χ2v) is 7.65. The van der Waals surface area contributed by atoms with Crippen molar-refractivity contribution >= 4 is 11.7 Å². The zero-order valence-electron chi connectivity index (χ0n) is 17.6. The van der Waals surface area contributed by atoms with Crippen molar-refractivity contribution in [3.63, 3.8) is 0 Å². The lowest BCUT2D eigenvalue weighted by Gasteiger charge is -2.28. The van der Waals surface area contributed by atoms with E-state index in [1.165, 1.54) is 29.0 Å². The minimum absolute atomic E-state index is 0.133. The highest BCUT2D eigenvalue weighted by molar-refractivity contribution is 6.06. The van der Waals surface area contributed by atoms with Crippen LogP contribution in [0.1, 0.15) is 49.8 Å². The predicted molar refractivity (Wildman–Crippen MR) is 118 cm³/mol. The van der Waals surface area contributed by atoms with Gasteiger partial charge in [0.25, 0.3) is 5.91 Å². The van der Waals surface area contributed by atoms with Crippen LogP contribution in [0.3, 0.4) is 0 Å². The van der Waals surface area contributed by atoms with Crippen LogP contribution in [0.5, 0.6) is 0 Å². The van der Waals surface area contributed by atoms with Gasteiger partial charge in [-0.25, -0.2) is 0 Å². The van der Waals surface area contributed by atoms with Crippen molar-refractivity contribution in [3.05, 3.63) is 81.9 Å². The molecule has 1 aromatic rings. The minimum Gasteiger partial charge on any atom is -0.404 e. The Hall–Kier alpha value is -3.08. The maximum Gasteiger partial charge on any atom is 0.258 e.